The van der Waals surface area contributed by atoms with Gasteiger partial charge < -0.3 is 10.2 Å². The predicted molar refractivity (Wildman–Crippen MR) is 55.7 cm³/mol. The number of hydrogen-bond acceptors (Lipinski definition) is 4. The lowest BCUT2D eigenvalue weighted by atomic mass is 10.1. The van der Waals surface area contributed by atoms with Gasteiger partial charge in [0.1, 0.15) is 0 Å². The van der Waals surface area contributed by atoms with E-state index in [1.165, 1.54) is 0 Å². The molecule has 1 aromatic rings. The molecule has 1 unspecified atom stereocenters. The minimum absolute atomic E-state index is 0.263. The van der Waals surface area contributed by atoms with Gasteiger partial charge in [-0.15, -0.1) is 0 Å². The molecule has 0 amide bonds. The fourth-order valence-electron chi connectivity index (χ4n) is 1.06. The fraction of sp³-hybridized carbons (Fsp3) is 0.125. The van der Waals surface area contributed by atoms with E-state index >= 15 is 0 Å². The van der Waals surface area contributed by atoms with E-state index in [1.807, 2.05) is 0 Å². The average Bonchev–Trinajstić information content (AvgIpc) is 2.15. The first-order valence-corrected chi connectivity index (χ1v) is 4.64. The Balaban J connectivity index is 3.33. The lowest BCUT2D eigenvalue weighted by Crippen LogP contribution is -2.11. The highest BCUT2D eigenvalue weighted by molar-refractivity contribution is 6.36. The third-order valence-corrected chi connectivity index (χ3v) is 2.41. The number of carbonyl (C=O) groups is 1. The standard InChI is InChI=1S/C8H5Cl2NO5/c9-4-1-3(11(15)16)2-5(10)6(4)7(12)8(13)14/h1-2,7,12H,(H,13,14). The van der Waals surface area contributed by atoms with Crippen LogP contribution in [0.3, 0.4) is 0 Å². The zero-order valence-electron chi connectivity index (χ0n) is 7.55. The van der Waals surface area contributed by atoms with Crippen molar-refractivity contribution in [2.24, 2.45) is 0 Å². The first kappa shape index (κ1) is 12.7. The number of halogens is 2. The van der Waals surface area contributed by atoms with Gasteiger partial charge in [0.25, 0.3) is 5.69 Å². The number of benzene rings is 1. The Labute approximate surface area is 99.2 Å². The monoisotopic (exact) mass is 265 g/mol. The number of aliphatic carboxylic acids is 1. The van der Waals surface area contributed by atoms with Gasteiger partial charge >= 0.3 is 5.97 Å². The van der Waals surface area contributed by atoms with Crippen LogP contribution in [0.15, 0.2) is 12.1 Å². The van der Waals surface area contributed by atoms with E-state index in [-0.39, 0.29) is 21.3 Å². The van der Waals surface area contributed by atoms with Crippen LogP contribution in [0.4, 0.5) is 5.69 Å². The van der Waals surface area contributed by atoms with E-state index in [2.05, 4.69) is 0 Å². The van der Waals surface area contributed by atoms with Crippen molar-refractivity contribution in [2.75, 3.05) is 0 Å². The largest absolute Gasteiger partial charge is 0.479 e. The van der Waals surface area contributed by atoms with Crippen molar-refractivity contribution in [3.63, 3.8) is 0 Å². The van der Waals surface area contributed by atoms with Crippen molar-refractivity contribution >= 4 is 34.9 Å². The van der Waals surface area contributed by atoms with Crippen LogP contribution >= 0.6 is 23.2 Å². The summed E-state index contributed by atoms with van der Waals surface area (Å²) in [6, 6.07) is 1.85. The molecule has 0 bridgehead atoms. The maximum absolute atomic E-state index is 10.5. The summed E-state index contributed by atoms with van der Waals surface area (Å²) >= 11 is 11.2. The molecule has 0 aliphatic carbocycles. The highest BCUT2D eigenvalue weighted by Gasteiger charge is 2.24. The maximum Gasteiger partial charge on any atom is 0.337 e. The summed E-state index contributed by atoms with van der Waals surface area (Å²) < 4.78 is 0. The van der Waals surface area contributed by atoms with E-state index < -0.39 is 17.0 Å². The predicted octanol–water partition coefficient (Wildman–Crippen LogP) is 2.02. The molecule has 1 rings (SSSR count). The molecule has 86 valence electrons. The minimum Gasteiger partial charge on any atom is -0.479 e. The molecule has 0 saturated heterocycles. The SMILES string of the molecule is O=C(O)C(O)c1c(Cl)cc([N+](=O)[O-])cc1Cl. The van der Waals surface area contributed by atoms with Crippen molar-refractivity contribution < 1.29 is 19.9 Å². The summed E-state index contributed by atoms with van der Waals surface area (Å²) in [5.74, 6) is -1.54. The Hall–Kier alpha value is -1.37. The smallest absolute Gasteiger partial charge is 0.337 e. The molecule has 0 saturated carbocycles. The first-order valence-electron chi connectivity index (χ1n) is 3.88. The second-order valence-corrected chi connectivity index (χ2v) is 3.64. The lowest BCUT2D eigenvalue weighted by molar-refractivity contribution is -0.384. The second kappa shape index (κ2) is 4.65. The number of rotatable bonds is 3. The Morgan fingerprint density at radius 3 is 2.12 bits per heavy atom. The van der Waals surface area contributed by atoms with Crippen LogP contribution in [-0.2, 0) is 4.79 Å². The van der Waals surface area contributed by atoms with Crippen molar-refractivity contribution in [3.8, 4) is 0 Å². The van der Waals surface area contributed by atoms with Crippen LogP contribution in [0.25, 0.3) is 0 Å². The van der Waals surface area contributed by atoms with E-state index in [0.29, 0.717) is 0 Å². The van der Waals surface area contributed by atoms with Gasteiger partial charge in [-0.3, -0.25) is 10.1 Å². The normalized spacial score (nSPS) is 12.2. The number of nitro groups is 1. The first-order chi connectivity index (χ1) is 7.34. The number of carboxylic acid groups (broad SMARTS) is 1. The van der Waals surface area contributed by atoms with E-state index in [9.17, 15) is 20.0 Å². The molecule has 2 N–H and O–H groups in total. The number of aliphatic hydroxyl groups excluding tert-OH is 1. The van der Waals surface area contributed by atoms with E-state index in [4.69, 9.17) is 28.3 Å². The summed E-state index contributed by atoms with van der Waals surface area (Å²) in [4.78, 5) is 20.2. The van der Waals surface area contributed by atoms with Crippen molar-refractivity contribution in [1.82, 2.24) is 0 Å². The summed E-state index contributed by atoms with van der Waals surface area (Å²) in [7, 11) is 0. The maximum atomic E-state index is 10.5. The van der Waals surface area contributed by atoms with E-state index in [1.54, 1.807) is 0 Å². The number of non-ortho nitro benzene ring substituents is 1. The molecule has 0 aliphatic rings. The number of nitro benzene ring substituents is 1. The highest BCUT2D eigenvalue weighted by Crippen LogP contribution is 2.34. The van der Waals surface area contributed by atoms with Gasteiger partial charge in [0.05, 0.1) is 15.0 Å². The van der Waals surface area contributed by atoms with Crippen LogP contribution in [0, 0.1) is 10.1 Å². The molecule has 16 heavy (non-hydrogen) atoms. The van der Waals surface area contributed by atoms with Gasteiger partial charge in [-0.2, -0.15) is 0 Å². The summed E-state index contributed by atoms with van der Waals surface area (Å²) in [5.41, 5.74) is -0.641. The van der Waals surface area contributed by atoms with Crippen molar-refractivity contribution in [3.05, 3.63) is 37.9 Å². The topological polar surface area (TPSA) is 101 Å². The zero-order valence-corrected chi connectivity index (χ0v) is 9.07. The van der Waals surface area contributed by atoms with Crippen LogP contribution in [0.1, 0.15) is 11.7 Å². The van der Waals surface area contributed by atoms with E-state index in [0.717, 1.165) is 12.1 Å². The molecular formula is C8H5Cl2NO5. The zero-order chi connectivity index (χ0) is 12.5. The Bertz CT molecular complexity index is 439. The lowest BCUT2D eigenvalue weighted by Gasteiger charge is -2.09. The Kier molecular flexibility index (Phi) is 3.69. The molecule has 6 nitrogen and oxygen atoms in total. The van der Waals surface area contributed by atoms with Gasteiger partial charge in [-0.25, -0.2) is 4.79 Å². The Morgan fingerprint density at radius 2 is 1.81 bits per heavy atom. The molecule has 0 aliphatic heterocycles. The van der Waals surface area contributed by atoms with Crippen LogP contribution < -0.4 is 0 Å². The molecular weight excluding hydrogens is 261 g/mol. The third kappa shape index (κ3) is 2.41. The van der Waals surface area contributed by atoms with Gasteiger partial charge in [0.15, 0.2) is 6.10 Å². The molecule has 0 aromatic heterocycles. The molecule has 1 aromatic carbocycles. The van der Waals surface area contributed by atoms with Crippen molar-refractivity contribution in [1.29, 1.82) is 0 Å². The van der Waals surface area contributed by atoms with Gasteiger partial charge in [-0.1, -0.05) is 23.2 Å². The van der Waals surface area contributed by atoms with Crippen LogP contribution in [0.5, 0.6) is 0 Å². The average molecular weight is 266 g/mol. The van der Waals surface area contributed by atoms with Gasteiger partial charge in [-0.05, 0) is 0 Å². The molecule has 0 fully saturated rings. The molecule has 8 heteroatoms. The quantitative estimate of drug-likeness (QED) is 0.643. The molecule has 0 radical (unpaired) electrons. The fourth-order valence-corrected chi connectivity index (χ4v) is 1.74. The number of nitrogens with zero attached hydrogens (tertiary/aromatic N) is 1. The molecule has 1 atom stereocenters. The molecule has 0 heterocycles. The van der Waals surface area contributed by atoms with Crippen LogP contribution in [0.2, 0.25) is 10.0 Å². The van der Waals surface area contributed by atoms with Crippen LogP contribution in [-0.4, -0.2) is 21.1 Å². The highest BCUT2D eigenvalue weighted by atomic mass is 35.5. The van der Waals surface area contributed by atoms with Gasteiger partial charge in [0, 0.05) is 17.7 Å². The second-order valence-electron chi connectivity index (χ2n) is 2.82. The Morgan fingerprint density at radius 1 is 1.38 bits per heavy atom. The van der Waals surface area contributed by atoms with Gasteiger partial charge in [0.2, 0.25) is 0 Å². The number of hydrogen-bond donors (Lipinski definition) is 2. The third-order valence-electron chi connectivity index (χ3n) is 1.78. The summed E-state index contributed by atoms with van der Waals surface area (Å²) in [6.07, 6.45) is -1.92. The minimum atomic E-state index is -1.92. The molecule has 0 spiro atoms. The summed E-state index contributed by atoms with van der Waals surface area (Å²) in [5, 5.41) is 27.7. The van der Waals surface area contributed by atoms with Crippen molar-refractivity contribution in [2.45, 2.75) is 6.10 Å². The number of aliphatic hydroxyl groups is 1. The number of carboxylic acids is 1. The summed E-state index contributed by atoms with van der Waals surface area (Å²) in [6.45, 7) is 0.